The number of carbonyl (C=O) groups excluding carboxylic acids is 1. The van der Waals surface area contributed by atoms with E-state index in [-0.39, 0.29) is 24.0 Å². The number of likely N-dealkylation sites (tertiary alicyclic amines) is 1. The highest BCUT2D eigenvalue weighted by Gasteiger charge is 2.40. The smallest absolute Gasteiger partial charge is 0.228 e. The fraction of sp³-hybridized carbons (Fsp3) is 0.588. The SMILES string of the molecule is CCc1ccccc1OC1CN(C(=O)C2CNNC2CC)C1. The zero-order valence-corrected chi connectivity index (χ0v) is 13.3. The highest BCUT2D eigenvalue weighted by atomic mass is 16.5. The van der Waals surface area contributed by atoms with Crippen molar-refractivity contribution in [2.45, 2.75) is 38.8 Å². The molecule has 120 valence electrons. The molecule has 2 unspecified atom stereocenters. The van der Waals surface area contributed by atoms with E-state index in [4.69, 9.17) is 4.74 Å². The second-order valence-electron chi connectivity index (χ2n) is 6.09. The maximum atomic E-state index is 12.5. The number of aryl methyl sites for hydroxylation is 1. The number of rotatable bonds is 5. The van der Waals surface area contributed by atoms with Crippen LogP contribution in [-0.4, -0.2) is 42.6 Å². The van der Waals surface area contributed by atoms with Gasteiger partial charge in [0.1, 0.15) is 11.9 Å². The highest BCUT2D eigenvalue weighted by Crippen LogP contribution is 2.25. The summed E-state index contributed by atoms with van der Waals surface area (Å²) >= 11 is 0. The molecule has 3 rings (SSSR count). The zero-order chi connectivity index (χ0) is 15.5. The first-order valence-corrected chi connectivity index (χ1v) is 8.24. The van der Waals surface area contributed by atoms with Gasteiger partial charge in [0.15, 0.2) is 0 Å². The third kappa shape index (κ3) is 2.96. The Labute approximate surface area is 132 Å². The number of nitrogens with one attached hydrogen (secondary N) is 2. The summed E-state index contributed by atoms with van der Waals surface area (Å²) in [5.41, 5.74) is 7.50. The van der Waals surface area contributed by atoms with E-state index >= 15 is 0 Å². The fourth-order valence-corrected chi connectivity index (χ4v) is 3.21. The van der Waals surface area contributed by atoms with E-state index in [9.17, 15) is 4.79 Å². The van der Waals surface area contributed by atoms with Gasteiger partial charge in [0, 0.05) is 12.6 Å². The van der Waals surface area contributed by atoms with E-state index in [0.717, 1.165) is 25.1 Å². The molecule has 2 fully saturated rings. The van der Waals surface area contributed by atoms with Crippen LogP contribution in [0.15, 0.2) is 24.3 Å². The minimum atomic E-state index is 0.0499. The number of para-hydroxylation sites is 1. The lowest BCUT2D eigenvalue weighted by atomic mass is 9.96. The zero-order valence-electron chi connectivity index (χ0n) is 13.3. The summed E-state index contributed by atoms with van der Waals surface area (Å²) in [4.78, 5) is 14.4. The molecule has 1 amide bonds. The molecule has 1 aromatic carbocycles. The van der Waals surface area contributed by atoms with Crippen LogP contribution in [0, 0.1) is 5.92 Å². The predicted molar refractivity (Wildman–Crippen MR) is 85.5 cm³/mol. The summed E-state index contributed by atoms with van der Waals surface area (Å²) < 4.78 is 6.04. The van der Waals surface area contributed by atoms with Gasteiger partial charge in [-0.15, -0.1) is 0 Å². The summed E-state index contributed by atoms with van der Waals surface area (Å²) in [6.07, 6.45) is 2.04. The Hall–Kier alpha value is -1.59. The average Bonchev–Trinajstić information content (AvgIpc) is 2.98. The van der Waals surface area contributed by atoms with Crippen molar-refractivity contribution in [1.29, 1.82) is 0 Å². The minimum Gasteiger partial charge on any atom is -0.486 e. The molecule has 2 aliphatic heterocycles. The van der Waals surface area contributed by atoms with Crippen LogP contribution >= 0.6 is 0 Å². The maximum absolute atomic E-state index is 12.5. The van der Waals surface area contributed by atoms with Gasteiger partial charge in [-0.1, -0.05) is 32.0 Å². The van der Waals surface area contributed by atoms with Crippen molar-refractivity contribution in [3.8, 4) is 5.75 Å². The van der Waals surface area contributed by atoms with Gasteiger partial charge in [-0.3, -0.25) is 15.6 Å². The third-order valence-corrected chi connectivity index (χ3v) is 4.66. The molecule has 2 heterocycles. The topological polar surface area (TPSA) is 53.6 Å². The van der Waals surface area contributed by atoms with Crippen LogP contribution in [0.3, 0.4) is 0 Å². The second kappa shape index (κ2) is 6.67. The quantitative estimate of drug-likeness (QED) is 0.862. The standard InChI is InChI=1S/C17H25N3O2/c1-3-12-7-5-6-8-16(12)22-13-10-20(11-13)17(21)14-9-18-19-15(14)4-2/h5-8,13-15,18-19H,3-4,9-11H2,1-2H3. The van der Waals surface area contributed by atoms with Gasteiger partial charge in [-0.2, -0.15) is 0 Å². The number of hydrogen-bond acceptors (Lipinski definition) is 4. The Balaban J connectivity index is 1.52. The first kappa shape index (κ1) is 15.3. The van der Waals surface area contributed by atoms with E-state index in [1.165, 1.54) is 5.56 Å². The summed E-state index contributed by atoms with van der Waals surface area (Å²) in [7, 11) is 0. The summed E-state index contributed by atoms with van der Waals surface area (Å²) in [6.45, 7) is 6.35. The molecule has 0 radical (unpaired) electrons. The number of ether oxygens (including phenoxy) is 1. The van der Waals surface area contributed by atoms with Gasteiger partial charge in [0.05, 0.1) is 19.0 Å². The van der Waals surface area contributed by atoms with Gasteiger partial charge in [-0.25, -0.2) is 0 Å². The van der Waals surface area contributed by atoms with Crippen LogP contribution < -0.4 is 15.6 Å². The van der Waals surface area contributed by atoms with Gasteiger partial charge in [0.25, 0.3) is 0 Å². The second-order valence-corrected chi connectivity index (χ2v) is 6.09. The number of carbonyl (C=O) groups is 1. The normalized spacial score (nSPS) is 25.1. The van der Waals surface area contributed by atoms with Crippen molar-refractivity contribution < 1.29 is 9.53 Å². The van der Waals surface area contributed by atoms with Crippen molar-refractivity contribution in [2.24, 2.45) is 5.92 Å². The first-order valence-electron chi connectivity index (χ1n) is 8.24. The Morgan fingerprint density at radius 2 is 2.09 bits per heavy atom. The molecular formula is C17H25N3O2. The van der Waals surface area contributed by atoms with Crippen LogP contribution in [0.2, 0.25) is 0 Å². The van der Waals surface area contributed by atoms with Crippen LogP contribution in [-0.2, 0) is 11.2 Å². The minimum absolute atomic E-state index is 0.0499. The van der Waals surface area contributed by atoms with Crippen LogP contribution in [0.5, 0.6) is 5.75 Å². The van der Waals surface area contributed by atoms with Crippen molar-refractivity contribution in [3.05, 3.63) is 29.8 Å². The first-order chi connectivity index (χ1) is 10.7. The highest BCUT2D eigenvalue weighted by molar-refractivity contribution is 5.81. The molecule has 0 bridgehead atoms. The fourth-order valence-electron chi connectivity index (χ4n) is 3.21. The van der Waals surface area contributed by atoms with Crippen LogP contribution in [0.1, 0.15) is 25.8 Å². The predicted octanol–water partition coefficient (Wildman–Crippen LogP) is 1.34. The van der Waals surface area contributed by atoms with Crippen molar-refractivity contribution in [1.82, 2.24) is 15.8 Å². The molecule has 0 aromatic heterocycles. The van der Waals surface area contributed by atoms with Gasteiger partial charge < -0.3 is 9.64 Å². The van der Waals surface area contributed by atoms with Gasteiger partial charge in [-0.05, 0) is 24.5 Å². The molecule has 5 heteroatoms. The Morgan fingerprint density at radius 3 is 2.82 bits per heavy atom. The summed E-state index contributed by atoms with van der Waals surface area (Å²) in [5, 5.41) is 0. The number of hydrazine groups is 1. The Bertz CT molecular complexity index is 528. The molecule has 0 aliphatic carbocycles. The van der Waals surface area contributed by atoms with E-state index in [1.807, 2.05) is 23.1 Å². The van der Waals surface area contributed by atoms with Gasteiger partial charge in [0.2, 0.25) is 5.91 Å². The lowest BCUT2D eigenvalue weighted by Gasteiger charge is -2.41. The number of hydrogen-bond donors (Lipinski definition) is 2. The molecule has 2 atom stereocenters. The summed E-state index contributed by atoms with van der Waals surface area (Å²) in [5.74, 6) is 1.25. The largest absolute Gasteiger partial charge is 0.486 e. The molecule has 0 spiro atoms. The van der Waals surface area contributed by atoms with Gasteiger partial charge >= 0.3 is 0 Å². The maximum Gasteiger partial charge on any atom is 0.228 e. The van der Waals surface area contributed by atoms with E-state index in [1.54, 1.807) is 0 Å². The van der Waals surface area contributed by atoms with E-state index in [0.29, 0.717) is 13.1 Å². The molecule has 2 N–H and O–H groups in total. The van der Waals surface area contributed by atoms with Crippen molar-refractivity contribution in [2.75, 3.05) is 19.6 Å². The van der Waals surface area contributed by atoms with Crippen LogP contribution in [0.25, 0.3) is 0 Å². The Kier molecular flexibility index (Phi) is 4.64. The average molecular weight is 303 g/mol. The molecule has 1 aromatic rings. The lowest BCUT2D eigenvalue weighted by Crippen LogP contribution is -2.58. The van der Waals surface area contributed by atoms with E-state index in [2.05, 4.69) is 30.8 Å². The molecule has 2 aliphatic rings. The molecule has 0 saturated carbocycles. The van der Waals surface area contributed by atoms with Crippen molar-refractivity contribution in [3.63, 3.8) is 0 Å². The lowest BCUT2D eigenvalue weighted by molar-refractivity contribution is -0.144. The molecule has 22 heavy (non-hydrogen) atoms. The number of nitrogens with zero attached hydrogens (tertiary/aromatic N) is 1. The molecule has 2 saturated heterocycles. The Morgan fingerprint density at radius 1 is 1.32 bits per heavy atom. The molecular weight excluding hydrogens is 278 g/mol. The summed E-state index contributed by atoms with van der Waals surface area (Å²) in [6, 6.07) is 8.39. The molecule has 5 nitrogen and oxygen atoms in total. The monoisotopic (exact) mass is 303 g/mol. The third-order valence-electron chi connectivity index (χ3n) is 4.66. The number of benzene rings is 1. The number of amides is 1. The van der Waals surface area contributed by atoms with Crippen LogP contribution in [0.4, 0.5) is 0 Å². The van der Waals surface area contributed by atoms with Crippen molar-refractivity contribution >= 4 is 5.91 Å². The van der Waals surface area contributed by atoms with E-state index < -0.39 is 0 Å².